The Morgan fingerprint density at radius 2 is 1.60 bits per heavy atom. The van der Waals surface area contributed by atoms with Crippen molar-refractivity contribution in [3.05, 3.63) is 112 Å². The van der Waals surface area contributed by atoms with E-state index >= 15 is 0 Å². The van der Waals surface area contributed by atoms with E-state index in [9.17, 15) is 0 Å². The molecule has 3 aromatic rings. The number of benzene rings is 2. The second kappa shape index (κ2) is 9.26. The summed E-state index contributed by atoms with van der Waals surface area (Å²) in [6, 6.07) is 17.4. The molecule has 0 spiro atoms. The molecule has 1 unspecified atom stereocenters. The average Bonchev–Trinajstić information content (AvgIpc) is 2.65. The predicted octanol–water partition coefficient (Wildman–Crippen LogP) is 8.15. The molecule has 0 saturated carbocycles. The van der Waals surface area contributed by atoms with Gasteiger partial charge in [0.25, 0.3) is 0 Å². The van der Waals surface area contributed by atoms with Gasteiger partial charge in [-0.15, -0.1) is 0 Å². The molecule has 0 fully saturated rings. The maximum atomic E-state index is 5.08. The fourth-order valence-electron chi connectivity index (χ4n) is 4.57. The molecule has 30 heavy (non-hydrogen) atoms. The lowest BCUT2D eigenvalue weighted by Crippen LogP contribution is -2.09. The minimum absolute atomic E-state index is 0.226. The van der Waals surface area contributed by atoms with Crippen LogP contribution in [0.3, 0.4) is 0 Å². The average molecular weight is 396 g/mol. The maximum Gasteiger partial charge on any atom is 0.0705 e. The van der Waals surface area contributed by atoms with Gasteiger partial charge in [0, 0.05) is 17.0 Å². The van der Waals surface area contributed by atoms with Crippen molar-refractivity contribution in [1.82, 2.24) is 4.98 Å². The second-order valence-electron chi connectivity index (χ2n) is 8.72. The predicted molar refractivity (Wildman–Crippen MR) is 131 cm³/mol. The van der Waals surface area contributed by atoms with Crippen molar-refractivity contribution >= 4 is 10.9 Å². The summed E-state index contributed by atoms with van der Waals surface area (Å²) in [5.41, 5.74) is 11.3. The zero-order chi connectivity index (χ0) is 21.8. The van der Waals surface area contributed by atoms with E-state index in [2.05, 4.69) is 102 Å². The highest BCUT2D eigenvalue weighted by Crippen LogP contribution is 2.35. The van der Waals surface area contributed by atoms with Crippen LogP contribution in [-0.2, 0) is 0 Å². The molecule has 1 heteroatoms. The monoisotopic (exact) mass is 395 g/mol. The van der Waals surface area contributed by atoms with Crippen LogP contribution in [0.1, 0.15) is 61.1 Å². The first kappa shape index (κ1) is 21.8. The molecule has 1 nitrogen and oxygen atoms in total. The number of fused-ring (bicyclic) bond motifs is 1. The summed E-state index contributed by atoms with van der Waals surface area (Å²) in [6.07, 6.45) is 5.36. The number of rotatable bonds is 6. The van der Waals surface area contributed by atoms with Crippen LogP contribution in [0, 0.1) is 20.8 Å². The van der Waals surface area contributed by atoms with Crippen molar-refractivity contribution < 1.29 is 0 Å². The summed E-state index contributed by atoms with van der Waals surface area (Å²) in [6.45, 7) is 17.0. The van der Waals surface area contributed by atoms with E-state index in [1.807, 2.05) is 6.92 Å². The lowest BCUT2D eigenvalue weighted by molar-refractivity contribution is 0.758. The number of allylic oxidation sites excluding steroid dienone is 5. The van der Waals surface area contributed by atoms with E-state index in [0.29, 0.717) is 0 Å². The van der Waals surface area contributed by atoms with Gasteiger partial charge in [0.1, 0.15) is 0 Å². The highest BCUT2D eigenvalue weighted by atomic mass is 14.7. The third kappa shape index (κ3) is 5.16. The largest absolute Gasteiger partial charge is 0.252 e. The van der Waals surface area contributed by atoms with Gasteiger partial charge >= 0.3 is 0 Å². The van der Waals surface area contributed by atoms with Gasteiger partial charge in [-0.1, -0.05) is 77.4 Å². The molecule has 1 heterocycles. The maximum absolute atomic E-state index is 5.08. The van der Waals surface area contributed by atoms with Crippen LogP contribution in [-0.4, -0.2) is 4.98 Å². The number of para-hydroxylation sites is 1. The first-order valence-electron chi connectivity index (χ1n) is 10.7. The van der Waals surface area contributed by atoms with Crippen molar-refractivity contribution in [3.63, 3.8) is 0 Å². The Labute approximate surface area is 181 Å². The Balaban J connectivity index is 2.11. The highest BCUT2D eigenvalue weighted by molar-refractivity contribution is 5.78. The normalized spacial score (nSPS) is 13.5. The number of aromatic nitrogens is 1. The van der Waals surface area contributed by atoms with Crippen molar-refractivity contribution in [2.75, 3.05) is 0 Å². The van der Waals surface area contributed by atoms with E-state index in [4.69, 9.17) is 4.98 Å². The highest BCUT2D eigenvalue weighted by Gasteiger charge is 2.21. The molecule has 154 valence electrons. The molecule has 0 aliphatic heterocycles. The van der Waals surface area contributed by atoms with Crippen LogP contribution < -0.4 is 0 Å². The van der Waals surface area contributed by atoms with Gasteiger partial charge in [0.15, 0.2) is 0 Å². The van der Waals surface area contributed by atoms with Gasteiger partial charge in [-0.05, 0) is 76.8 Å². The Hall–Kier alpha value is -2.93. The molecule has 0 N–H and O–H groups in total. The van der Waals surface area contributed by atoms with Crippen LogP contribution in [0.2, 0.25) is 0 Å². The molecule has 0 radical (unpaired) electrons. The van der Waals surface area contributed by atoms with E-state index in [0.717, 1.165) is 23.2 Å². The van der Waals surface area contributed by atoms with Crippen molar-refractivity contribution in [2.24, 2.45) is 0 Å². The summed E-state index contributed by atoms with van der Waals surface area (Å²) < 4.78 is 0. The molecule has 0 aliphatic carbocycles. The summed E-state index contributed by atoms with van der Waals surface area (Å²) in [7, 11) is 0. The number of pyridine rings is 1. The summed E-state index contributed by atoms with van der Waals surface area (Å²) in [4.78, 5) is 5.08. The molecule has 0 saturated heterocycles. The lowest BCUT2D eigenvalue weighted by Gasteiger charge is -2.23. The first-order chi connectivity index (χ1) is 14.2. The summed E-state index contributed by atoms with van der Waals surface area (Å²) in [5, 5.41) is 1.19. The summed E-state index contributed by atoms with van der Waals surface area (Å²) >= 11 is 0. The molecular weight excluding hydrogens is 362 g/mol. The molecule has 2 aromatic carbocycles. The number of hydrogen-bond acceptors (Lipinski definition) is 1. The van der Waals surface area contributed by atoms with Crippen LogP contribution in [0.15, 0.2) is 84.0 Å². The SMILES string of the molecule is C=C(C)/C=C(C)\C=C(\C)CC(c1ccc2ccccc2n1)c1c(C)cc(C)cc1C. The van der Waals surface area contributed by atoms with E-state index in [1.54, 1.807) is 0 Å². The minimum Gasteiger partial charge on any atom is -0.252 e. The molecular formula is C29H33N. The number of nitrogens with zero attached hydrogens (tertiary/aromatic N) is 1. The fraction of sp³-hybridized carbons (Fsp3) is 0.276. The standard InChI is InChI=1S/C29H33N/c1-19(2)14-20(3)15-21(4)18-26(29-23(6)16-22(5)17-24(29)7)28-13-12-25-10-8-9-11-27(25)30-28/h8-17,26H,1,18H2,2-7H3/b20-14-,21-15-. The van der Waals surface area contributed by atoms with Gasteiger partial charge in [-0.2, -0.15) is 0 Å². The number of hydrogen-bond donors (Lipinski definition) is 0. The molecule has 0 aliphatic rings. The zero-order valence-corrected chi connectivity index (χ0v) is 19.2. The number of aryl methyl sites for hydroxylation is 3. The van der Waals surface area contributed by atoms with Gasteiger partial charge in [-0.25, -0.2) is 0 Å². The fourth-order valence-corrected chi connectivity index (χ4v) is 4.57. The second-order valence-corrected chi connectivity index (χ2v) is 8.72. The van der Waals surface area contributed by atoms with Crippen molar-refractivity contribution in [1.29, 1.82) is 0 Å². The van der Waals surface area contributed by atoms with Crippen LogP contribution in [0.5, 0.6) is 0 Å². The molecule has 1 aromatic heterocycles. The Bertz CT molecular complexity index is 1120. The minimum atomic E-state index is 0.226. The Kier molecular flexibility index (Phi) is 6.72. The molecule has 3 rings (SSSR count). The van der Waals surface area contributed by atoms with Gasteiger partial charge in [0.05, 0.1) is 5.52 Å². The topological polar surface area (TPSA) is 12.9 Å². The van der Waals surface area contributed by atoms with Crippen LogP contribution >= 0.6 is 0 Å². The lowest BCUT2D eigenvalue weighted by atomic mass is 9.83. The Morgan fingerprint density at radius 3 is 2.27 bits per heavy atom. The van der Waals surface area contributed by atoms with E-state index < -0.39 is 0 Å². The molecule has 0 amide bonds. The third-order valence-corrected chi connectivity index (χ3v) is 5.54. The van der Waals surface area contributed by atoms with Gasteiger partial charge in [-0.3, -0.25) is 4.98 Å². The van der Waals surface area contributed by atoms with Crippen molar-refractivity contribution in [3.8, 4) is 0 Å². The van der Waals surface area contributed by atoms with Crippen LogP contribution in [0.25, 0.3) is 10.9 Å². The smallest absolute Gasteiger partial charge is 0.0705 e. The third-order valence-electron chi connectivity index (χ3n) is 5.54. The van der Waals surface area contributed by atoms with Gasteiger partial charge in [0.2, 0.25) is 0 Å². The quantitative estimate of drug-likeness (QED) is 0.384. The summed E-state index contributed by atoms with van der Waals surface area (Å²) in [5.74, 6) is 0.226. The molecule has 1 atom stereocenters. The van der Waals surface area contributed by atoms with E-state index in [-0.39, 0.29) is 5.92 Å². The first-order valence-corrected chi connectivity index (χ1v) is 10.7. The Morgan fingerprint density at radius 1 is 0.933 bits per heavy atom. The van der Waals surface area contributed by atoms with Crippen LogP contribution in [0.4, 0.5) is 0 Å². The van der Waals surface area contributed by atoms with Crippen molar-refractivity contribution in [2.45, 2.75) is 53.9 Å². The van der Waals surface area contributed by atoms with E-state index in [1.165, 1.54) is 38.8 Å². The zero-order valence-electron chi connectivity index (χ0n) is 19.2. The molecule has 0 bridgehead atoms. The van der Waals surface area contributed by atoms with Gasteiger partial charge < -0.3 is 0 Å².